The van der Waals surface area contributed by atoms with Gasteiger partial charge in [-0.3, -0.25) is 9.59 Å². The van der Waals surface area contributed by atoms with Crippen LogP contribution < -0.4 is 4.80 Å². The highest BCUT2D eigenvalue weighted by Gasteiger charge is 2.27. The number of carbonyl (C=O) groups excluding carboxylic acids is 2. The standard InChI is InChI=1S/C24H14N7O2S/c32-22-17-12-11-16(14-18(17)23(33)27-26-22)30-28-21(13-10-15-6-2-1-3-7-15)29-31(30)24-25-19-8-4-5-9-20(19)34-24/h1-14H/q+1/b13-10+. The van der Waals surface area contributed by atoms with Crippen LogP contribution >= 0.6 is 11.3 Å². The van der Waals surface area contributed by atoms with E-state index in [2.05, 4.69) is 20.4 Å². The van der Waals surface area contributed by atoms with Crippen LogP contribution in [0.4, 0.5) is 0 Å². The third kappa shape index (κ3) is 3.51. The van der Waals surface area contributed by atoms with Crippen LogP contribution in [0.2, 0.25) is 0 Å². The molecule has 2 aromatic heterocycles. The van der Waals surface area contributed by atoms with Crippen molar-refractivity contribution in [2.75, 3.05) is 0 Å². The van der Waals surface area contributed by atoms with E-state index in [4.69, 9.17) is 4.98 Å². The molecule has 3 heterocycles. The minimum Gasteiger partial charge on any atom is -0.265 e. The van der Waals surface area contributed by atoms with Crippen LogP contribution in [0.5, 0.6) is 0 Å². The van der Waals surface area contributed by atoms with E-state index in [0.29, 0.717) is 16.6 Å². The Balaban J connectivity index is 1.50. The molecule has 0 aliphatic carbocycles. The molecule has 0 bridgehead atoms. The lowest BCUT2D eigenvalue weighted by Gasteiger charge is -2.07. The van der Waals surface area contributed by atoms with Gasteiger partial charge in [-0.2, -0.15) is 0 Å². The van der Waals surface area contributed by atoms with Crippen molar-refractivity contribution in [3.8, 4) is 10.8 Å². The zero-order valence-electron chi connectivity index (χ0n) is 17.4. The van der Waals surface area contributed by atoms with E-state index in [0.717, 1.165) is 15.8 Å². The zero-order valence-corrected chi connectivity index (χ0v) is 18.3. The van der Waals surface area contributed by atoms with Crippen LogP contribution in [0.15, 0.2) is 83.0 Å². The summed E-state index contributed by atoms with van der Waals surface area (Å²) in [6.07, 6.45) is 3.72. The smallest absolute Gasteiger partial charge is 0.265 e. The summed E-state index contributed by atoms with van der Waals surface area (Å²) in [4.78, 5) is 32.1. The molecule has 1 aliphatic heterocycles. The van der Waals surface area contributed by atoms with Crippen molar-refractivity contribution < 1.29 is 14.4 Å². The van der Waals surface area contributed by atoms with E-state index >= 15 is 0 Å². The average Bonchev–Trinajstić information content (AvgIpc) is 3.50. The molecule has 0 fully saturated rings. The van der Waals surface area contributed by atoms with Gasteiger partial charge in [0.05, 0.1) is 15.8 Å². The molecule has 2 amide bonds. The van der Waals surface area contributed by atoms with Crippen LogP contribution in [-0.4, -0.2) is 31.8 Å². The molecule has 6 rings (SSSR count). The fourth-order valence-corrected chi connectivity index (χ4v) is 4.46. The fraction of sp³-hybridized carbons (Fsp3) is 0. The second kappa shape index (κ2) is 8.01. The van der Waals surface area contributed by atoms with Crippen molar-refractivity contribution in [3.63, 3.8) is 0 Å². The molecular formula is C24H14N7O2S+. The maximum atomic E-state index is 12.3. The van der Waals surface area contributed by atoms with Gasteiger partial charge in [0.25, 0.3) is 17.6 Å². The SMILES string of the molecule is O=C1N=NC(=O)c2cc(-n3nc(/C=C/c4ccccc4)n[n+]3-c3nc4ccccc4s3)ccc21. The lowest BCUT2D eigenvalue weighted by atomic mass is 10.0. The summed E-state index contributed by atoms with van der Waals surface area (Å²) in [5.41, 5.74) is 2.76. The topological polar surface area (TPSA) is 106 Å². The Morgan fingerprint density at radius 2 is 1.59 bits per heavy atom. The van der Waals surface area contributed by atoms with E-state index in [9.17, 15) is 9.59 Å². The summed E-state index contributed by atoms with van der Waals surface area (Å²) in [6.45, 7) is 0. The number of carbonyl (C=O) groups is 2. The Morgan fingerprint density at radius 3 is 2.41 bits per heavy atom. The Bertz CT molecular complexity index is 1620. The van der Waals surface area contributed by atoms with Gasteiger partial charge in [-0.1, -0.05) is 58.8 Å². The average molecular weight is 464 g/mol. The van der Waals surface area contributed by atoms with Gasteiger partial charge in [0.2, 0.25) is 0 Å². The Morgan fingerprint density at radius 1 is 0.824 bits per heavy atom. The van der Waals surface area contributed by atoms with E-state index in [-0.39, 0.29) is 11.1 Å². The Hall–Kier alpha value is -4.70. The number of azo groups is 1. The molecule has 5 aromatic rings. The second-order valence-corrected chi connectivity index (χ2v) is 8.39. The second-order valence-electron chi connectivity index (χ2n) is 7.39. The molecule has 0 atom stereocenters. The summed E-state index contributed by atoms with van der Waals surface area (Å²) < 4.78 is 1.01. The molecule has 0 saturated heterocycles. The van der Waals surface area contributed by atoms with Gasteiger partial charge in [0, 0.05) is 11.2 Å². The van der Waals surface area contributed by atoms with Crippen molar-refractivity contribution in [2.45, 2.75) is 0 Å². The quantitative estimate of drug-likeness (QED) is 0.373. The number of para-hydroxylation sites is 1. The van der Waals surface area contributed by atoms with Crippen molar-refractivity contribution in [3.05, 3.63) is 95.3 Å². The number of hydrogen-bond donors (Lipinski definition) is 0. The zero-order chi connectivity index (χ0) is 23.1. The molecule has 0 N–H and O–H groups in total. The number of tetrazole rings is 1. The molecule has 0 radical (unpaired) electrons. The number of aromatic nitrogens is 5. The van der Waals surface area contributed by atoms with Crippen LogP contribution in [0.3, 0.4) is 0 Å². The van der Waals surface area contributed by atoms with E-state index in [1.165, 1.54) is 11.3 Å². The largest absolute Gasteiger partial charge is 0.365 e. The lowest BCUT2D eigenvalue weighted by molar-refractivity contribution is -0.734. The number of fused-ring (bicyclic) bond motifs is 2. The van der Waals surface area contributed by atoms with Gasteiger partial charge < -0.3 is 0 Å². The van der Waals surface area contributed by atoms with Crippen LogP contribution in [-0.2, 0) is 0 Å². The van der Waals surface area contributed by atoms with Gasteiger partial charge in [-0.25, -0.2) is 0 Å². The highest BCUT2D eigenvalue weighted by molar-refractivity contribution is 7.20. The molecular weight excluding hydrogens is 450 g/mol. The molecule has 162 valence electrons. The summed E-state index contributed by atoms with van der Waals surface area (Å²) in [6, 6.07) is 22.4. The van der Waals surface area contributed by atoms with E-state index < -0.39 is 11.8 Å². The van der Waals surface area contributed by atoms with E-state index in [1.807, 2.05) is 60.7 Å². The summed E-state index contributed by atoms with van der Waals surface area (Å²) in [5, 5.41) is 16.7. The number of rotatable bonds is 4. The maximum absolute atomic E-state index is 12.3. The van der Waals surface area contributed by atoms with Crippen molar-refractivity contribution in [1.29, 1.82) is 0 Å². The molecule has 9 nitrogen and oxygen atoms in total. The number of nitrogens with zero attached hydrogens (tertiary/aromatic N) is 7. The van der Waals surface area contributed by atoms with E-state index in [1.54, 1.807) is 33.9 Å². The van der Waals surface area contributed by atoms with Gasteiger partial charge >= 0.3 is 5.13 Å². The Labute approximate surface area is 196 Å². The molecule has 0 spiro atoms. The van der Waals surface area contributed by atoms with Crippen molar-refractivity contribution >= 4 is 45.5 Å². The fourth-order valence-electron chi connectivity index (χ4n) is 3.56. The minimum atomic E-state index is -0.577. The number of hydrogen-bond acceptors (Lipinski definition) is 6. The molecule has 10 heteroatoms. The van der Waals surface area contributed by atoms with Gasteiger partial charge in [0.1, 0.15) is 5.69 Å². The first-order valence-corrected chi connectivity index (χ1v) is 11.1. The first kappa shape index (κ1) is 19.9. The first-order chi connectivity index (χ1) is 16.7. The Kier molecular flexibility index (Phi) is 4.70. The summed E-state index contributed by atoms with van der Waals surface area (Å²) in [7, 11) is 0. The third-order valence-electron chi connectivity index (χ3n) is 5.18. The van der Waals surface area contributed by atoms with Crippen molar-refractivity contribution in [2.24, 2.45) is 10.2 Å². The maximum Gasteiger partial charge on any atom is 0.365 e. The lowest BCUT2D eigenvalue weighted by Crippen LogP contribution is -2.43. The third-order valence-corrected chi connectivity index (χ3v) is 6.18. The van der Waals surface area contributed by atoms with Crippen molar-refractivity contribution in [1.82, 2.24) is 20.0 Å². The molecule has 0 saturated carbocycles. The highest BCUT2D eigenvalue weighted by atomic mass is 32.1. The van der Waals surface area contributed by atoms with Crippen LogP contribution in [0, 0.1) is 0 Å². The highest BCUT2D eigenvalue weighted by Crippen LogP contribution is 2.23. The number of benzene rings is 3. The van der Waals surface area contributed by atoms with Gasteiger partial charge in [0.15, 0.2) is 5.52 Å². The molecule has 3 aromatic carbocycles. The predicted octanol–water partition coefficient (Wildman–Crippen LogP) is 4.07. The number of amides is 2. The molecule has 34 heavy (non-hydrogen) atoms. The number of thiazole rings is 1. The summed E-state index contributed by atoms with van der Waals surface area (Å²) in [5.74, 6) is -0.680. The first-order valence-electron chi connectivity index (χ1n) is 10.3. The predicted molar refractivity (Wildman–Crippen MR) is 125 cm³/mol. The van der Waals surface area contributed by atoms with Gasteiger partial charge in [-0.05, 0) is 56.7 Å². The van der Waals surface area contributed by atoms with Gasteiger partial charge in [-0.15, -0.1) is 10.2 Å². The van der Waals surface area contributed by atoms with Crippen LogP contribution in [0.1, 0.15) is 32.1 Å². The normalized spacial score (nSPS) is 13.2. The monoisotopic (exact) mass is 464 g/mol. The minimum absolute atomic E-state index is 0.172. The summed E-state index contributed by atoms with van der Waals surface area (Å²) >= 11 is 1.47. The van der Waals surface area contributed by atoms with Crippen LogP contribution in [0.25, 0.3) is 33.2 Å². The molecule has 1 aliphatic rings. The molecule has 0 unspecified atom stereocenters.